The van der Waals surface area contributed by atoms with E-state index >= 15 is 8.63 Å². The third kappa shape index (κ3) is 18.6. The lowest BCUT2D eigenvalue weighted by molar-refractivity contribution is -0.878. The van der Waals surface area contributed by atoms with Gasteiger partial charge in [0.15, 0.2) is 5.78 Å². The molecule has 1 saturated heterocycles. The highest BCUT2D eigenvalue weighted by atomic mass is 19.2. The van der Waals surface area contributed by atoms with Crippen LogP contribution in [0.3, 0.4) is 0 Å². The van der Waals surface area contributed by atoms with Crippen LogP contribution in [0.25, 0.3) is 11.3 Å². The Hall–Kier alpha value is -5.07. The number of nitrogens with one attached hydrogen (secondary N) is 3. The number of benzene rings is 1. The van der Waals surface area contributed by atoms with E-state index in [9.17, 15) is 28.8 Å². The summed E-state index contributed by atoms with van der Waals surface area (Å²) in [6.45, 7) is 3.61. The lowest BCUT2D eigenvalue weighted by Gasteiger charge is -2.37. The van der Waals surface area contributed by atoms with Crippen LogP contribution in [0.4, 0.5) is 8.63 Å². The number of halogens is 2. The zero-order valence-corrected chi connectivity index (χ0v) is 47.8. The standard InChI is InChI=1S/C58H91BF2N8O7/c1-10-12-24-45-40-48(65-51(45)43-52-46(25-13-11-2)41-50(66(52)59(65,60)61)44-26-16-14-17-27-44)31-32-54(71)63-49(29-20-23-39-69(7,8)9)53(70)42-47(28-19-22-38-68(4,5)6)58(75)62-35-37-64(3)36-21-15-18-30-57(74)76-67-55(72)33-34-56(67)73/h14,16-17,26-27,40-41,47,49,51H,10-13,15,18-25,28-39,42-43H2,1-9H3/p+3. The van der Waals surface area contributed by atoms with Gasteiger partial charge in [0.25, 0.3) is 11.8 Å². The summed E-state index contributed by atoms with van der Waals surface area (Å²) in [7, 11) is 14.8. The number of ketones is 1. The van der Waals surface area contributed by atoms with Gasteiger partial charge in [0.05, 0.1) is 88.1 Å². The molecule has 4 amide bonds. The normalized spacial score (nSPS) is 17.5. The SMILES string of the molecule is CCCCC1=CC(CCC(=O)NC(CCCC[N+](C)(C)C)C(=O)CC(CCCC[N+](C)(C)C)C(=O)NCC[NH+](C)CCCCCC(=O)ON2C(=O)CCC2=O)=[N+]2C1Cc1c(CCCC)cc(-c3ccccc3)n1[B-]2(F)F. The molecule has 4 unspecified atom stereocenters. The number of unbranched alkanes of at least 4 members (excludes halogenated alkanes) is 6. The quantitative estimate of drug-likeness (QED) is 0.0304. The van der Waals surface area contributed by atoms with Gasteiger partial charge in [-0.2, -0.15) is 0 Å². The third-order valence-corrected chi connectivity index (χ3v) is 15.3. The minimum atomic E-state index is -4.29. The molecule has 1 aromatic heterocycles. The van der Waals surface area contributed by atoms with Crippen molar-refractivity contribution in [3.8, 4) is 11.3 Å². The van der Waals surface area contributed by atoms with Gasteiger partial charge in [-0.1, -0.05) is 57.0 Å². The number of hydroxylamine groups is 2. The van der Waals surface area contributed by atoms with Crippen molar-refractivity contribution in [2.45, 2.75) is 167 Å². The summed E-state index contributed by atoms with van der Waals surface area (Å²) in [4.78, 5) is 84.5. The van der Waals surface area contributed by atoms with E-state index in [0.29, 0.717) is 73.8 Å². The lowest BCUT2D eigenvalue weighted by atomic mass is 9.83. The molecule has 3 aliphatic heterocycles. The second kappa shape index (κ2) is 29.1. The Balaban J connectivity index is 1.26. The maximum Gasteiger partial charge on any atom is 0.732 e. The van der Waals surface area contributed by atoms with Crippen LogP contribution in [0.15, 0.2) is 48.0 Å². The number of aromatic nitrogens is 1. The van der Waals surface area contributed by atoms with Crippen LogP contribution < -0.4 is 15.5 Å². The number of carbonyl (C=O) groups excluding carboxylic acids is 6. The Labute approximate surface area is 453 Å². The predicted molar refractivity (Wildman–Crippen MR) is 295 cm³/mol. The minimum Gasteiger partial charge on any atom is -0.393 e. The molecule has 1 aromatic carbocycles. The first-order chi connectivity index (χ1) is 36.0. The van der Waals surface area contributed by atoms with E-state index in [4.69, 9.17) is 4.84 Å². The van der Waals surface area contributed by atoms with E-state index in [0.717, 1.165) is 110 Å². The molecule has 2 aromatic rings. The average Bonchev–Trinajstić information content (AvgIpc) is 4.03. The number of carbonyl (C=O) groups is 6. The molecule has 3 aliphatic rings. The summed E-state index contributed by atoms with van der Waals surface area (Å²) in [5.41, 5.74) is 4.41. The summed E-state index contributed by atoms with van der Waals surface area (Å²) >= 11 is 0. The molecular formula is C58H94BF2N8O7+3. The molecule has 422 valence electrons. The van der Waals surface area contributed by atoms with Crippen LogP contribution >= 0.6 is 0 Å². The van der Waals surface area contributed by atoms with Gasteiger partial charge in [0.2, 0.25) is 11.8 Å². The van der Waals surface area contributed by atoms with Gasteiger partial charge in [0, 0.05) is 62.6 Å². The summed E-state index contributed by atoms with van der Waals surface area (Å²) in [5, 5.41) is 6.75. The second-order valence-corrected chi connectivity index (χ2v) is 24.0. The molecule has 0 aliphatic carbocycles. The largest absolute Gasteiger partial charge is 0.732 e. The third-order valence-electron chi connectivity index (χ3n) is 15.3. The minimum absolute atomic E-state index is 0.0179. The monoisotopic (exact) mass is 1060 g/mol. The molecule has 1 fully saturated rings. The van der Waals surface area contributed by atoms with Crippen LogP contribution in [0.1, 0.15) is 154 Å². The molecule has 18 heteroatoms. The van der Waals surface area contributed by atoms with Gasteiger partial charge in [-0.15, -0.1) is 5.06 Å². The van der Waals surface area contributed by atoms with Crippen LogP contribution in [0.5, 0.6) is 0 Å². The van der Waals surface area contributed by atoms with Gasteiger partial charge in [-0.05, 0) is 112 Å². The molecule has 0 spiro atoms. The number of allylic oxidation sites excluding steroid dienone is 1. The van der Waals surface area contributed by atoms with Crippen molar-refractivity contribution < 1.29 is 60.6 Å². The molecule has 15 nitrogen and oxygen atoms in total. The van der Waals surface area contributed by atoms with Crippen molar-refractivity contribution in [3.63, 3.8) is 0 Å². The second-order valence-electron chi connectivity index (χ2n) is 24.0. The maximum atomic E-state index is 17.6. The molecule has 3 N–H and O–H groups in total. The first kappa shape index (κ1) is 61.8. The number of quaternary nitrogens is 3. The van der Waals surface area contributed by atoms with Gasteiger partial charge in [0.1, 0.15) is 11.8 Å². The number of hydrogen-bond donors (Lipinski definition) is 3. The van der Waals surface area contributed by atoms with Crippen molar-refractivity contribution in [2.75, 3.05) is 82.1 Å². The Bertz CT molecular complexity index is 2340. The summed E-state index contributed by atoms with van der Waals surface area (Å²) in [6.07, 6.45) is 14.0. The van der Waals surface area contributed by atoms with Gasteiger partial charge >= 0.3 is 12.9 Å². The molecule has 4 atom stereocenters. The molecule has 0 saturated carbocycles. The number of fused-ring (bicyclic) bond motifs is 2. The number of rotatable bonds is 35. The highest BCUT2D eigenvalue weighted by molar-refractivity contribution is 6.58. The fourth-order valence-electron chi connectivity index (χ4n) is 10.9. The molecule has 4 heterocycles. The van der Waals surface area contributed by atoms with Gasteiger partial charge < -0.3 is 46.9 Å². The van der Waals surface area contributed by atoms with E-state index in [1.54, 1.807) is 0 Å². The van der Waals surface area contributed by atoms with Crippen molar-refractivity contribution >= 4 is 48.1 Å². The highest BCUT2D eigenvalue weighted by Gasteiger charge is 2.56. The number of hydrogen-bond acceptors (Lipinski definition) is 7. The number of amides is 4. The molecular weight excluding hydrogens is 969 g/mol. The maximum absolute atomic E-state index is 17.6. The smallest absolute Gasteiger partial charge is 0.393 e. The van der Waals surface area contributed by atoms with Gasteiger partial charge in [-0.3, -0.25) is 24.0 Å². The van der Waals surface area contributed by atoms with Crippen molar-refractivity contribution in [2.24, 2.45) is 5.92 Å². The van der Waals surface area contributed by atoms with E-state index in [1.807, 2.05) is 49.5 Å². The fraction of sp³-hybridized carbons (Fsp3) is 0.672. The molecule has 5 rings (SSSR count). The summed E-state index contributed by atoms with van der Waals surface area (Å²) < 4.78 is 39.4. The number of Topliss-reactive ketones (excluding diaryl/α,β-unsaturated/α-hetero) is 1. The summed E-state index contributed by atoms with van der Waals surface area (Å²) in [5.74, 6) is -2.92. The number of aryl methyl sites for hydroxylation is 1. The van der Waals surface area contributed by atoms with Crippen LogP contribution in [-0.2, 0) is 46.4 Å². The predicted octanol–water partition coefficient (Wildman–Crippen LogP) is 6.62. The van der Waals surface area contributed by atoms with Gasteiger partial charge in [-0.25, -0.2) is 4.79 Å². The zero-order valence-electron chi connectivity index (χ0n) is 47.8. The van der Waals surface area contributed by atoms with Crippen LogP contribution in [0.2, 0.25) is 0 Å². The topological polar surface area (TPSA) is 151 Å². The first-order valence-corrected chi connectivity index (χ1v) is 28.8. The lowest BCUT2D eigenvalue weighted by Crippen LogP contribution is -3.09. The Morgan fingerprint density at radius 2 is 1.45 bits per heavy atom. The van der Waals surface area contributed by atoms with Crippen LogP contribution in [0, 0.1) is 5.92 Å². The van der Waals surface area contributed by atoms with Crippen molar-refractivity contribution in [1.29, 1.82) is 0 Å². The Morgan fingerprint density at radius 1 is 0.803 bits per heavy atom. The number of nitrogens with zero attached hydrogens (tertiary/aromatic N) is 5. The van der Waals surface area contributed by atoms with E-state index in [-0.39, 0.29) is 56.1 Å². The van der Waals surface area contributed by atoms with Crippen molar-refractivity contribution in [3.05, 3.63) is 59.3 Å². The van der Waals surface area contributed by atoms with Crippen molar-refractivity contribution in [1.82, 2.24) is 20.2 Å². The Kier molecular flexibility index (Phi) is 23.6. The Morgan fingerprint density at radius 3 is 2.09 bits per heavy atom. The fourth-order valence-corrected chi connectivity index (χ4v) is 10.9. The number of imide groups is 1. The van der Waals surface area contributed by atoms with E-state index < -0.39 is 42.8 Å². The number of likely N-dealkylation sites (N-methyl/N-ethyl adjacent to an activating group) is 1. The highest BCUT2D eigenvalue weighted by Crippen LogP contribution is 2.41. The zero-order chi connectivity index (χ0) is 55.6. The van der Waals surface area contributed by atoms with Crippen LogP contribution in [-0.4, -0.2) is 165 Å². The first-order valence-electron chi connectivity index (χ1n) is 28.8. The van der Waals surface area contributed by atoms with E-state index in [1.165, 1.54) is 13.9 Å². The summed E-state index contributed by atoms with van der Waals surface area (Å²) in [6, 6.07) is 10.1. The molecule has 76 heavy (non-hydrogen) atoms. The molecule has 0 bridgehead atoms. The average molecular weight is 1060 g/mol. The molecule has 0 radical (unpaired) electrons. The van der Waals surface area contributed by atoms with E-state index in [2.05, 4.69) is 66.8 Å².